The molecule has 0 fully saturated rings. The molecule has 2 rings (SSSR count). The van der Waals surface area contributed by atoms with Crippen LogP contribution in [-0.2, 0) is 0 Å². The van der Waals surface area contributed by atoms with E-state index in [0.29, 0.717) is 0 Å². The van der Waals surface area contributed by atoms with Crippen LogP contribution in [0, 0.1) is 0 Å². The van der Waals surface area contributed by atoms with E-state index in [1.807, 2.05) is 24.3 Å². The maximum Gasteiger partial charge on any atom is 0.318 e. The van der Waals surface area contributed by atoms with Gasteiger partial charge < -0.3 is 16.0 Å². The third-order valence-corrected chi connectivity index (χ3v) is 4.64. The average Bonchev–Trinajstić information content (AvgIpc) is 2.87. The molecule has 4 nitrogen and oxygen atoms in total. The molecule has 0 aliphatic rings. The van der Waals surface area contributed by atoms with Gasteiger partial charge in [-0.15, -0.1) is 11.3 Å². The van der Waals surface area contributed by atoms with Crippen molar-refractivity contribution in [3.05, 3.63) is 45.1 Å². The van der Waals surface area contributed by atoms with Crippen molar-refractivity contribution in [3.63, 3.8) is 0 Å². The Labute approximate surface area is 130 Å². The molecule has 1 aromatic heterocycles. The fraction of sp³-hybridized carbons (Fsp3) is 0.214. The first-order valence-electron chi connectivity index (χ1n) is 6.18. The van der Waals surface area contributed by atoms with Crippen LogP contribution in [0.1, 0.15) is 17.8 Å². The van der Waals surface area contributed by atoms with Crippen LogP contribution < -0.4 is 16.0 Å². The second-order valence-corrected chi connectivity index (χ2v) is 6.17. The molecule has 0 aliphatic heterocycles. The van der Waals surface area contributed by atoms with Crippen LogP contribution in [0.15, 0.2) is 40.2 Å². The Bertz CT molecular complexity index is 582. The zero-order chi connectivity index (χ0) is 14.5. The zero-order valence-electron chi connectivity index (χ0n) is 11.2. The summed E-state index contributed by atoms with van der Waals surface area (Å²) < 4.78 is 1.11. The van der Waals surface area contributed by atoms with Gasteiger partial charge in [-0.1, -0.05) is 0 Å². The largest absolute Gasteiger partial charge is 0.378 e. The molecule has 1 unspecified atom stereocenters. The van der Waals surface area contributed by atoms with Gasteiger partial charge in [0.25, 0.3) is 0 Å². The third kappa shape index (κ3) is 3.98. The summed E-state index contributed by atoms with van der Waals surface area (Å²) in [6, 6.07) is 9.77. The molecule has 0 aliphatic carbocycles. The number of carbonyl (C=O) groups is 1. The van der Waals surface area contributed by atoms with Crippen molar-refractivity contribution < 1.29 is 4.79 Å². The fourth-order valence-electron chi connectivity index (χ4n) is 1.72. The average molecular weight is 354 g/mol. The molecular weight excluding hydrogens is 338 g/mol. The summed E-state index contributed by atoms with van der Waals surface area (Å²) >= 11 is 5.18. The number of rotatable bonds is 4. The summed E-state index contributed by atoms with van der Waals surface area (Å²) in [6.07, 6.45) is 0. The van der Waals surface area contributed by atoms with Gasteiger partial charge in [-0.3, -0.25) is 0 Å². The molecule has 0 bridgehead atoms. The number of amides is 2. The van der Waals surface area contributed by atoms with Crippen molar-refractivity contribution >= 4 is 44.7 Å². The van der Waals surface area contributed by atoms with E-state index >= 15 is 0 Å². The Morgan fingerprint density at radius 3 is 2.45 bits per heavy atom. The molecule has 6 heteroatoms. The molecule has 3 N–H and O–H groups in total. The summed E-state index contributed by atoms with van der Waals surface area (Å²) in [5, 5.41) is 10.7. The van der Waals surface area contributed by atoms with Crippen molar-refractivity contribution in [2.45, 2.75) is 13.0 Å². The Balaban J connectivity index is 1.98. The molecule has 1 heterocycles. The van der Waals surface area contributed by atoms with E-state index in [2.05, 4.69) is 50.3 Å². The minimum Gasteiger partial charge on any atom is -0.378 e. The van der Waals surface area contributed by atoms with Crippen LogP contribution in [0.3, 0.4) is 0 Å². The molecule has 2 aromatic rings. The number of anilines is 2. The van der Waals surface area contributed by atoms with E-state index in [4.69, 9.17) is 0 Å². The highest BCUT2D eigenvalue weighted by Crippen LogP contribution is 2.28. The van der Waals surface area contributed by atoms with Crippen molar-refractivity contribution in [2.24, 2.45) is 0 Å². The molecule has 0 spiro atoms. The molecule has 1 aromatic carbocycles. The van der Waals surface area contributed by atoms with Crippen LogP contribution in [0.4, 0.5) is 16.2 Å². The van der Waals surface area contributed by atoms with Gasteiger partial charge >= 0.3 is 6.03 Å². The van der Waals surface area contributed by atoms with Crippen LogP contribution in [-0.4, -0.2) is 13.1 Å². The minimum atomic E-state index is -0.220. The molecule has 0 radical (unpaired) electrons. The first-order valence-corrected chi connectivity index (χ1v) is 7.85. The third-order valence-electron chi connectivity index (χ3n) is 2.77. The minimum absolute atomic E-state index is 0.220. The number of nitrogens with one attached hydrogen (secondary N) is 3. The van der Waals surface area contributed by atoms with E-state index in [1.165, 1.54) is 4.88 Å². The van der Waals surface area contributed by atoms with E-state index in [9.17, 15) is 4.79 Å². The topological polar surface area (TPSA) is 53.2 Å². The Kier molecular flexibility index (Phi) is 5.03. The van der Waals surface area contributed by atoms with Gasteiger partial charge in [0.1, 0.15) is 0 Å². The predicted molar refractivity (Wildman–Crippen MR) is 88.6 cm³/mol. The molecule has 0 saturated heterocycles. The first kappa shape index (κ1) is 14.9. The molecular formula is C14H16BrN3OS. The van der Waals surface area contributed by atoms with Gasteiger partial charge in [0.05, 0.1) is 6.04 Å². The first-order chi connectivity index (χ1) is 9.58. The number of benzene rings is 1. The molecule has 2 amide bonds. The van der Waals surface area contributed by atoms with Gasteiger partial charge in [0.2, 0.25) is 0 Å². The fourth-order valence-corrected chi connectivity index (χ4v) is 3.17. The lowest BCUT2D eigenvalue weighted by Gasteiger charge is -2.14. The van der Waals surface area contributed by atoms with Gasteiger partial charge in [0, 0.05) is 33.2 Å². The van der Waals surface area contributed by atoms with Crippen LogP contribution in [0.5, 0.6) is 0 Å². The lowest BCUT2D eigenvalue weighted by atomic mass is 10.2. The summed E-state index contributed by atoms with van der Waals surface area (Å²) in [5.74, 6) is 0. The van der Waals surface area contributed by atoms with E-state index in [-0.39, 0.29) is 12.1 Å². The number of urea groups is 1. The number of halogens is 1. The predicted octanol–water partition coefficient (Wildman–Crippen LogP) is 4.44. The monoisotopic (exact) mass is 353 g/mol. The quantitative estimate of drug-likeness (QED) is 0.761. The maximum atomic E-state index is 11.2. The smallest absolute Gasteiger partial charge is 0.318 e. The highest BCUT2D eigenvalue weighted by Gasteiger charge is 2.08. The summed E-state index contributed by atoms with van der Waals surface area (Å²) in [4.78, 5) is 12.5. The van der Waals surface area contributed by atoms with Gasteiger partial charge in [-0.05, 0) is 53.2 Å². The summed E-state index contributed by atoms with van der Waals surface area (Å²) in [5.41, 5.74) is 1.78. The van der Waals surface area contributed by atoms with Crippen LogP contribution >= 0.6 is 27.3 Å². The number of hydrogen-bond acceptors (Lipinski definition) is 3. The highest BCUT2D eigenvalue weighted by atomic mass is 79.9. The Morgan fingerprint density at radius 1 is 1.25 bits per heavy atom. The normalized spacial score (nSPS) is 11.8. The van der Waals surface area contributed by atoms with Crippen molar-refractivity contribution in [3.8, 4) is 0 Å². The number of thiophene rings is 1. The van der Waals surface area contributed by atoms with Gasteiger partial charge in [-0.2, -0.15) is 0 Å². The summed E-state index contributed by atoms with van der Waals surface area (Å²) in [6.45, 7) is 2.12. The Hall–Kier alpha value is -1.53. The van der Waals surface area contributed by atoms with Crippen molar-refractivity contribution in [2.75, 3.05) is 17.7 Å². The van der Waals surface area contributed by atoms with E-state index < -0.39 is 0 Å². The maximum absolute atomic E-state index is 11.2. The van der Waals surface area contributed by atoms with Crippen molar-refractivity contribution in [1.82, 2.24) is 5.32 Å². The number of hydrogen-bond donors (Lipinski definition) is 3. The molecule has 106 valence electrons. The molecule has 0 saturated carbocycles. The highest BCUT2D eigenvalue weighted by molar-refractivity contribution is 9.10. The molecule has 20 heavy (non-hydrogen) atoms. The molecule has 1 atom stereocenters. The lowest BCUT2D eigenvalue weighted by Crippen LogP contribution is -2.24. The SMILES string of the molecule is CNC(=O)Nc1ccc(NC(C)c2cc(Br)cs2)cc1. The Morgan fingerprint density at radius 2 is 1.90 bits per heavy atom. The van der Waals surface area contributed by atoms with E-state index in [0.717, 1.165) is 15.8 Å². The standard InChI is InChI=1S/C14H16BrN3OS/c1-9(13-7-10(15)8-20-13)17-11-3-5-12(6-4-11)18-14(19)16-2/h3-9,17H,1-2H3,(H2,16,18,19). The second-order valence-electron chi connectivity index (χ2n) is 4.31. The van der Waals surface area contributed by atoms with Gasteiger partial charge in [0.15, 0.2) is 0 Å². The van der Waals surface area contributed by atoms with Crippen LogP contribution in [0.2, 0.25) is 0 Å². The summed E-state index contributed by atoms with van der Waals surface area (Å²) in [7, 11) is 1.59. The van der Waals surface area contributed by atoms with E-state index in [1.54, 1.807) is 18.4 Å². The number of carbonyl (C=O) groups excluding carboxylic acids is 1. The zero-order valence-corrected chi connectivity index (χ0v) is 13.6. The van der Waals surface area contributed by atoms with Crippen molar-refractivity contribution in [1.29, 1.82) is 0 Å². The lowest BCUT2D eigenvalue weighted by molar-refractivity contribution is 0.254. The van der Waals surface area contributed by atoms with Gasteiger partial charge in [-0.25, -0.2) is 4.79 Å². The van der Waals surface area contributed by atoms with Crippen LogP contribution in [0.25, 0.3) is 0 Å². The second kappa shape index (κ2) is 6.76.